The fourth-order valence-electron chi connectivity index (χ4n) is 5.20. The van der Waals surface area contributed by atoms with Crippen LogP contribution in [0.3, 0.4) is 0 Å². The summed E-state index contributed by atoms with van der Waals surface area (Å²) < 4.78 is 6.14. The van der Waals surface area contributed by atoms with Crippen molar-refractivity contribution in [1.82, 2.24) is 9.80 Å². The molecule has 0 aromatic heterocycles. The zero-order valence-corrected chi connectivity index (χ0v) is 16.5. The summed E-state index contributed by atoms with van der Waals surface area (Å²) in [5.74, 6) is -3.31. The summed E-state index contributed by atoms with van der Waals surface area (Å²) in [4.78, 5) is 41.9. The number of hydrogen-bond acceptors (Lipinski definition) is 5. The van der Waals surface area contributed by atoms with E-state index in [0.29, 0.717) is 38.8 Å². The van der Waals surface area contributed by atoms with E-state index in [9.17, 15) is 19.5 Å². The van der Waals surface area contributed by atoms with Crippen molar-refractivity contribution in [2.75, 3.05) is 19.7 Å². The second-order valence-electron chi connectivity index (χ2n) is 8.23. The number of aliphatic hydroxyl groups excluding tert-OH is 1. The third kappa shape index (κ3) is 3.03. The van der Waals surface area contributed by atoms with Gasteiger partial charge in [-0.15, -0.1) is 6.58 Å². The number of unbranched alkanes of at least 4 members (excludes halogenated alkanes) is 1. The Labute approximate surface area is 165 Å². The number of ether oxygens (including phenoxy) is 1. The molecule has 0 aromatic carbocycles. The van der Waals surface area contributed by atoms with Crippen LogP contribution in [0.1, 0.15) is 39.5 Å². The number of nitrogens with zero attached hydrogens (tertiary/aromatic N) is 2. The van der Waals surface area contributed by atoms with Gasteiger partial charge in [0.05, 0.1) is 17.9 Å². The second kappa shape index (κ2) is 7.83. The quantitative estimate of drug-likeness (QED) is 0.439. The SMILES string of the molecule is C=CCN(C(=O)[C@@H]1N(CCCCO)C(=O)[C@H]2[C@H](C(=O)O)[C@@H]3CC[C@]12O3)C(C)C. The standard InChI is InChI=1S/C20H30N2O6/c1-4-9-21(12(2)3)18(25)16-20-8-7-13(28-20)14(19(26)27)15(20)17(24)22(16)10-5-6-11-23/h4,12-16,23H,1,5-11H2,2-3H3,(H,26,27)/t13-,14+,15+,16-,20+/m0/s1. The number of likely N-dealkylation sites (tertiary alicyclic amines) is 1. The van der Waals surface area contributed by atoms with Crippen LogP contribution in [0.2, 0.25) is 0 Å². The minimum Gasteiger partial charge on any atom is -0.481 e. The fraction of sp³-hybridized carbons (Fsp3) is 0.750. The molecule has 3 rings (SSSR count). The third-order valence-electron chi connectivity index (χ3n) is 6.36. The van der Waals surface area contributed by atoms with E-state index in [1.54, 1.807) is 11.0 Å². The normalized spacial score (nSPS) is 33.4. The Kier molecular flexibility index (Phi) is 5.82. The van der Waals surface area contributed by atoms with E-state index in [-0.39, 0.29) is 24.5 Å². The predicted octanol–water partition coefficient (Wildman–Crippen LogP) is 0.641. The van der Waals surface area contributed by atoms with Gasteiger partial charge in [-0.3, -0.25) is 14.4 Å². The highest BCUT2D eigenvalue weighted by Crippen LogP contribution is 2.58. The predicted molar refractivity (Wildman–Crippen MR) is 100 cm³/mol. The van der Waals surface area contributed by atoms with Crippen LogP contribution in [0, 0.1) is 11.8 Å². The van der Waals surface area contributed by atoms with Gasteiger partial charge in [0, 0.05) is 25.7 Å². The van der Waals surface area contributed by atoms with E-state index in [0.717, 1.165) is 0 Å². The molecule has 3 aliphatic rings. The van der Waals surface area contributed by atoms with Gasteiger partial charge in [0.1, 0.15) is 11.6 Å². The van der Waals surface area contributed by atoms with Gasteiger partial charge in [-0.2, -0.15) is 0 Å². The van der Waals surface area contributed by atoms with Crippen molar-refractivity contribution in [2.45, 2.75) is 63.3 Å². The number of carbonyl (C=O) groups excluding carboxylic acids is 2. The van der Waals surface area contributed by atoms with Crippen LogP contribution in [0.5, 0.6) is 0 Å². The summed E-state index contributed by atoms with van der Waals surface area (Å²) in [5.41, 5.74) is -1.07. The fourth-order valence-corrected chi connectivity index (χ4v) is 5.20. The molecular weight excluding hydrogens is 364 g/mol. The Bertz CT molecular complexity index is 665. The van der Waals surface area contributed by atoms with Gasteiger partial charge in [-0.1, -0.05) is 6.08 Å². The number of rotatable bonds is 9. The summed E-state index contributed by atoms with van der Waals surface area (Å²) >= 11 is 0. The summed E-state index contributed by atoms with van der Waals surface area (Å²) in [6.45, 7) is 8.17. The molecule has 156 valence electrons. The van der Waals surface area contributed by atoms with Gasteiger partial charge in [-0.05, 0) is 39.5 Å². The number of amides is 2. The van der Waals surface area contributed by atoms with E-state index in [1.807, 2.05) is 13.8 Å². The highest BCUT2D eigenvalue weighted by Gasteiger charge is 2.74. The van der Waals surface area contributed by atoms with Gasteiger partial charge >= 0.3 is 5.97 Å². The molecule has 0 aliphatic carbocycles. The monoisotopic (exact) mass is 394 g/mol. The maximum absolute atomic E-state index is 13.6. The lowest BCUT2D eigenvalue weighted by atomic mass is 9.70. The second-order valence-corrected chi connectivity index (χ2v) is 8.23. The maximum atomic E-state index is 13.6. The summed E-state index contributed by atoms with van der Waals surface area (Å²) in [5, 5.41) is 18.8. The van der Waals surface area contributed by atoms with Crippen LogP contribution in [0.25, 0.3) is 0 Å². The average molecular weight is 394 g/mol. The zero-order chi connectivity index (χ0) is 20.6. The molecule has 8 heteroatoms. The third-order valence-corrected chi connectivity index (χ3v) is 6.36. The molecule has 2 amide bonds. The molecule has 0 saturated carbocycles. The first-order chi connectivity index (χ1) is 13.3. The molecule has 3 fully saturated rings. The van der Waals surface area contributed by atoms with Crippen LogP contribution in [0.15, 0.2) is 12.7 Å². The molecule has 1 spiro atoms. The lowest BCUT2D eigenvalue weighted by molar-refractivity contribution is -0.151. The van der Waals surface area contributed by atoms with Crippen molar-refractivity contribution < 1.29 is 29.3 Å². The van der Waals surface area contributed by atoms with Gasteiger partial charge in [0.15, 0.2) is 0 Å². The Morgan fingerprint density at radius 1 is 1.43 bits per heavy atom. The van der Waals surface area contributed by atoms with Crippen molar-refractivity contribution in [3.05, 3.63) is 12.7 Å². The number of aliphatic hydroxyl groups is 1. The first-order valence-electron chi connectivity index (χ1n) is 10.0. The van der Waals surface area contributed by atoms with Crippen LogP contribution < -0.4 is 0 Å². The summed E-state index contributed by atoms with van der Waals surface area (Å²) in [6.07, 6.45) is 3.22. The van der Waals surface area contributed by atoms with Crippen molar-refractivity contribution in [3.63, 3.8) is 0 Å². The van der Waals surface area contributed by atoms with Crippen LogP contribution >= 0.6 is 0 Å². The Morgan fingerprint density at radius 2 is 2.14 bits per heavy atom. The van der Waals surface area contributed by atoms with E-state index in [1.165, 1.54) is 4.90 Å². The van der Waals surface area contributed by atoms with E-state index < -0.39 is 35.6 Å². The van der Waals surface area contributed by atoms with E-state index in [2.05, 4.69) is 6.58 Å². The molecule has 3 saturated heterocycles. The molecule has 0 radical (unpaired) electrons. The smallest absolute Gasteiger partial charge is 0.310 e. The summed E-state index contributed by atoms with van der Waals surface area (Å²) in [6, 6.07) is -0.926. The van der Waals surface area contributed by atoms with Crippen molar-refractivity contribution in [2.24, 2.45) is 11.8 Å². The minimum absolute atomic E-state index is 0.000122. The van der Waals surface area contributed by atoms with Gasteiger partial charge < -0.3 is 24.7 Å². The Hall–Kier alpha value is -1.93. The first kappa shape index (κ1) is 20.8. The molecule has 2 bridgehead atoms. The molecule has 2 N–H and O–H groups in total. The number of carbonyl (C=O) groups is 3. The number of carboxylic acids is 1. The molecule has 5 atom stereocenters. The Balaban J connectivity index is 2.00. The van der Waals surface area contributed by atoms with Crippen LogP contribution in [-0.2, 0) is 19.1 Å². The number of aliphatic carboxylic acids is 1. The molecule has 3 heterocycles. The summed E-state index contributed by atoms with van der Waals surface area (Å²) in [7, 11) is 0. The average Bonchev–Trinajstić information content (AvgIpc) is 3.27. The van der Waals surface area contributed by atoms with Gasteiger partial charge in [-0.25, -0.2) is 0 Å². The first-order valence-corrected chi connectivity index (χ1v) is 10.0. The zero-order valence-electron chi connectivity index (χ0n) is 16.5. The number of fused-ring (bicyclic) bond motifs is 1. The molecule has 0 unspecified atom stereocenters. The number of carboxylic acid groups (broad SMARTS) is 1. The molecular formula is C20H30N2O6. The lowest BCUT2D eigenvalue weighted by Gasteiger charge is -2.38. The van der Waals surface area contributed by atoms with Crippen molar-refractivity contribution in [3.8, 4) is 0 Å². The van der Waals surface area contributed by atoms with Crippen molar-refractivity contribution >= 4 is 17.8 Å². The van der Waals surface area contributed by atoms with Crippen LogP contribution in [-0.4, -0.2) is 81.3 Å². The highest BCUT2D eigenvalue weighted by atomic mass is 16.5. The van der Waals surface area contributed by atoms with E-state index in [4.69, 9.17) is 9.84 Å². The van der Waals surface area contributed by atoms with Gasteiger partial charge in [0.25, 0.3) is 0 Å². The lowest BCUT2D eigenvalue weighted by Crippen LogP contribution is -2.57. The topological polar surface area (TPSA) is 107 Å². The Morgan fingerprint density at radius 3 is 2.71 bits per heavy atom. The van der Waals surface area contributed by atoms with Crippen LogP contribution in [0.4, 0.5) is 0 Å². The number of hydrogen-bond donors (Lipinski definition) is 2. The highest BCUT2D eigenvalue weighted by molar-refractivity contribution is 5.98. The molecule has 3 aliphatic heterocycles. The minimum atomic E-state index is -1.07. The van der Waals surface area contributed by atoms with E-state index >= 15 is 0 Å². The largest absolute Gasteiger partial charge is 0.481 e. The van der Waals surface area contributed by atoms with Gasteiger partial charge in [0.2, 0.25) is 11.8 Å². The molecule has 0 aromatic rings. The van der Waals surface area contributed by atoms with Crippen molar-refractivity contribution in [1.29, 1.82) is 0 Å². The molecule has 28 heavy (non-hydrogen) atoms. The maximum Gasteiger partial charge on any atom is 0.310 e. The molecule has 8 nitrogen and oxygen atoms in total.